The van der Waals surface area contributed by atoms with Crippen LogP contribution in [0, 0.1) is 0 Å². The SMILES string of the molecule is CC/C=C\C/C=C\C/C=C\C/C=C\C/C=C\C/C=C\C/C=C\C/C=C\C/C=C\CCCC(=O)NC(COP(=O)(O)OCC[N+](C)(C)C)C(O)CCCCCC. The first-order valence-electron chi connectivity index (χ1n) is 20.8. The van der Waals surface area contributed by atoms with E-state index in [1.807, 2.05) is 21.1 Å². The number of nitrogens with one attached hydrogen (secondary N) is 1. The van der Waals surface area contributed by atoms with Gasteiger partial charge in [0.05, 0.1) is 39.9 Å². The fourth-order valence-electron chi connectivity index (χ4n) is 4.98. The molecule has 0 saturated heterocycles. The predicted octanol–water partition coefficient (Wildman–Crippen LogP) is 11.3. The second-order valence-electron chi connectivity index (χ2n) is 14.6. The summed E-state index contributed by atoms with van der Waals surface area (Å²) < 4.78 is 23.3. The quantitative estimate of drug-likeness (QED) is 0.0256. The van der Waals surface area contributed by atoms with E-state index in [2.05, 4.69) is 129 Å². The Bertz CT molecular complexity index is 1260. The van der Waals surface area contributed by atoms with Gasteiger partial charge in [0.1, 0.15) is 13.2 Å². The van der Waals surface area contributed by atoms with Crippen molar-refractivity contribution in [2.24, 2.45) is 0 Å². The molecular weight excluding hydrogens is 707 g/mol. The molecule has 1 amide bonds. The summed E-state index contributed by atoms with van der Waals surface area (Å²) >= 11 is 0. The van der Waals surface area contributed by atoms with Crippen LogP contribution < -0.4 is 5.32 Å². The summed E-state index contributed by atoms with van der Waals surface area (Å²) in [6, 6.07) is -0.794. The Morgan fingerprint density at radius 3 is 1.49 bits per heavy atom. The van der Waals surface area contributed by atoms with Crippen LogP contribution in [-0.4, -0.2) is 73.4 Å². The van der Waals surface area contributed by atoms with Crippen LogP contribution in [0.5, 0.6) is 0 Å². The summed E-state index contributed by atoms with van der Waals surface area (Å²) in [5, 5.41) is 13.6. The van der Waals surface area contributed by atoms with Gasteiger partial charge in [-0.05, 0) is 77.0 Å². The number of quaternary nitrogens is 1. The Balaban J connectivity index is 4.21. The lowest BCUT2D eigenvalue weighted by atomic mass is 10.0. The van der Waals surface area contributed by atoms with Crippen LogP contribution in [0.3, 0.4) is 0 Å². The van der Waals surface area contributed by atoms with E-state index in [1.54, 1.807) is 0 Å². The zero-order valence-corrected chi connectivity index (χ0v) is 36.0. The number of unbranched alkanes of at least 4 members (excludes halogenated alkanes) is 4. The minimum absolute atomic E-state index is 0.0555. The van der Waals surface area contributed by atoms with E-state index >= 15 is 0 Å². The lowest BCUT2D eigenvalue weighted by Gasteiger charge is -2.26. The van der Waals surface area contributed by atoms with Gasteiger partial charge in [-0.2, -0.15) is 0 Å². The molecule has 0 aliphatic carbocycles. The maximum Gasteiger partial charge on any atom is 0.472 e. The van der Waals surface area contributed by atoms with Gasteiger partial charge < -0.3 is 19.8 Å². The van der Waals surface area contributed by atoms with Crippen LogP contribution in [0.25, 0.3) is 0 Å². The molecule has 0 radical (unpaired) electrons. The number of phosphoric ester groups is 1. The molecule has 8 nitrogen and oxygen atoms in total. The minimum Gasteiger partial charge on any atom is -0.391 e. The maximum atomic E-state index is 12.7. The summed E-state index contributed by atoms with van der Waals surface area (Å²) in [4.78, 5) is 22.8. The smallest absolute Gasteiger partial charge is 0.391 e. The van der Waals surface area contributed by atoms with Crippen molar-refractivity contribution in [1.29, 1.82) is 0 Å². The highest BCUT2D eigenvalue weighted by Crippen LogP contribution is 2.43. The summed E-state index contributed by atoms with van der Waals surface area (Å²) in [7, 11) is 1.55. The second kappa shape index (κ2) is 36.8. The van der Waals surface area contributed by atoms with Crippen molar-refractivity contribution in [1.82, 2.24) is 5.32 Å². The average molecular weight is 786 g/mol. The number of carbonyl (C=O) groups excluding carboxylic acids is 1. The number of phosphoric acid groups is 1. The monoisotopic (exact) mass is 786 g/mol. The molecule has 0 bridgehead atoms. The highest BCUT2D eigenvalue weighted by atomic mass is 31.2. The zero-order chi connectivity index (χ0) is 40.7. The van der Waals surface area contributed by atoms with Gasteiger partial charge in [0, 0.05) is 6.42 Å². The fourth-order valence-corrected chi connectivity index (χ4v) is 5.72. The molecule has 312 valence electrons. The fraction of sp³-hybridized carbons (Fsp3) is 0.587. The Kier molecular flexibility index (Phi) is 34.9. The first-order chi connectivity index (χ1) is 26.5. The zero-order valence-electron chi connectivity index (χ0n) is 35.1. The van der Waals surface area contributed by atoms with Gasteiger partial charge >= 0.3 is 7.82 Å². The third-order valence-electron chi connectivity index (χ3n) is 8.29. The molecule has 55 heavy (non-hydrogen) atoms. The summed E-state index contributed by atoms with van der Waals surface area (Å²) in [6.07, 6.45) is 53.3. The van der Waals surface area contributed by atoms with Crippen molar-refractivity contribution in [2.45, 2.75) is 135 Å². The normalized spacial score (nSPS) is 15.5. The van der Waals surface area contributed by atoms with Crippen molar-refractivity contribution >= 4 is 13.7 Å². The van der Waals surface area contributed by atoms with E-state index in [1.165, 1.54) is 0 Å². The molecule has 3 atom stereocenters. The number of aliphatic hydroxyl groups is 1. The molecule has 0 heterocycles. The molecule has 0 aliphatic rings. The third-order valence-corrected chi connectivity index (χ3v) is 9.27. The van der Waals surface area contributed by atoms with Gasteiger partial charge in [0.2, 0.25) is 5.91 Å². The number of hydrogen-bond donors (Lipinski definition) is 3. The molecular formula is C46H78N2O6P+. The van der Waals surface area contributed by atoms with Gasteiger partial charge in [-0.15, -0.1) is 0 Å². The second-order valence-corrected chi connectivity index (χ2v) is 16.1. The number of amides is 1. The Hall–Kier alpha value is -2.84. The van der Waals surface area contributed by atoms with E-state index in [4.69, 9.17) is 9.05 Å². The van der Waals surface area contributed by atoms with E-state index < -0.39 is 20.0 Å². The number of allylic oxidation sites excluding steroid dienone is 18. The molecule has 3 unspecified atom stereocenters. The largest absolute Gasteiger partial charge is 0.472 e. The van der Waals surface area contributed by atoms with Crippen LogP contribution in [0.4, 0.5) is 0 Å². The third kappa shape index (κ3) is 39.2. The molecule has 0 fully saturated rings. The van der Waals surface area contributed by atoms with E-state index in [0.717, 1.165) is 89.9 Å². The van der Waals surface area contributed by atoms with E-state index in [-0.39, 0.29) is 25.5 Å². The first-order valence-corrected chi connectivity index (χ1v) is 22.2. The predicted molar refractivity (Wildman–Crippen MR) is 235 cm³/mol. The van der Waals surface area contributed by atoms with Crippen molar-refractivity contribution in [2.75, 3.05) is 40.9 Å². The number of carbonyl (C=O) groups is 1. The highest BCUT2D eigenvalue weighted by Gasteiger charge is 2.28. The van der Waals surface area contributed by atoms with Crippen molar-refractivity contribution in [3.63, 3.8) is 0 Å². The van der Waals surface area contributed by atoms with Gasteiger partial charge in [-0.1, -0.05) is 149 Å². The van der Waals surface area contributed by atoms with Gasteiger partial charge in [0.15, 0.2) is 0 Å². The molecule has 0 saturated carbocycles. The molecule has 0 spiro atoms. The van der Waals surface area contributed by atoms with Crippen LogP contribution in [0.1, 0.15) is 123 Å². The number of rotatable bonds is 35. The van der Waals surface area contributed by atoms with Crippen molar-refractivity contribution < 1.29 is 32.9 Å². The molecule has 9 heteroatoms. The number of likely N-dealkylation sites (N-methyl/N-ethyl adjacent to an activating group) is 1. The first kappa shape index (κ1) is 52.2. The Morgan fingerprint density at radius 1 is 0.636 bits per heavy atom. The van der Waals surface area contributed by atoms with Crippen LogP contribution in [0.15, 0.2) is 109 Å². The standard InChI is InChI=1S/C46H77N2O6P/c1-6-8-10-12-13-14-15-16-17-18-19-20-21-22-23-24-25-26-27-28-29-30-31-32-33-34-35-36-38-40-46(50)47-44(45(49)39-37-11-9-7-2)43-54-55(51,52)53-42-41-48(3,4)5/h8,10,13-14,16-17,19-20,22-23,25-26,28-29,31-32,34-35,44-45,49H,6-7,9,11-12,15,18,21,24,27,30,33,36-43H2,1-5H3,(H-,47,50,51,52)/p+1/b10-8-,14-13-,17-16-,20-19-,23-22-,26-25-,29-28-,32-31-,35-34-. The highest BCUT2D eigenvalue weighted by molar-refractivity contribution is 7.47. The Morgan fingerprint density at radius 2 is 1.07 bits per heavy atom. The summed E-state index contributed by atoms with van der Waals surface area (Å²) in [5.41, 5.74) is 0. The average Bonchev–Trinajstić information content (AvgIpc) is 3.13. The molecule has 3 N–H and O–H groups in total. The van der Waals surface area contributed by atoms with Crippen LogP contribution >= 0.6 is 7.82 Å². The molecule has 0 rings (SSSR count). The van der Waals surface area contributed by atoms with E-state index in [0.29, 0.717) is 23.9 Å². The van der Waals surface area contributed by atoms with Gasteiger partial charge in [0.25, 0.3) is 0 Å². The molecule has 0 aliphatic heterocycles. The van der Waals surface area contributed by atoms with Crippen molar-refractivity contribution in [3.8, 4) is 0 Å². The topological polar surface area (TPSA) is 105 Å². The lowest BCUT2D eigenvalue weighted by molar-refractivity contribution is -0.870. The lowest BCUT2D eigenvalue weighted by Crippen LogP contribution is -2.46. The van der Waals surface area contributed by atoms with Crippen molar-refractivity contribution in [3.05, 3.63) is 109 Å². The minimum atomic E-state index is -4.32. The van der Waals surface area contributed by atoms with Crippen LogP contribution in [-0.2, 0) is 18.4 Å². The maximum absolute atomic E-state index is 12.7. The summed E-state index contributed by atoms with van der Waals surface area (Å²) in [6.45, 7) is 4.55. The molecule has 0 aromatic rings. The van der Waals surface area contributed by atoms with E-state index in [9.17, 15) is 19.4 Å². The summed E-state index contributed by atoms with van der Waals surface area (Å²) in [5.74, 6) is -0.218. The Labute approximate surface area is 336 Å². The van der Waals surface area contributed by atoms with Gasteiger partial charge in [-0.3, -0.25) is 13.8 Å². The number of aliphatic hydroxyl groups excluding tert-OH is 1. The van der Waals surface area contributed by atoms with Crippen LogP contribution in [0.2, 0.25) is 0 Å². The molecule has 0 aromatic heterocycles. The van der Waals surface area contributed by atoms with Gasteiger partial charge in [-0.25, -0.2) is 4.57 Å². The number of hydrogen-bond acceptors (Lipinski definition) is 5. The number of nitrogens with zero attached hydrogens (tertiary/aromatic N) is 1. The molecule has 0 aromatic carbocycles.